The van der Waals surface area contributed by atoms with E-state index in [0.29, 0.717) is 4.57 Å². The lowest BCUT2D eigenvalue weighted by Crippen LogP contribution is -2.15. The van der Waals surface area contributed by atoms with Crippen LogP contribution in [-0.2, 0) is 6.73 Å². The van der Waals surface area contributed by atoms with Crippen LogP contribution in [0.1, 0.15) is 0 Å². The summed E-state index contributed by atoms with van der Waals surface area (Å²) in [6.07, 6.45) is 0. The standard InChI is InChI=1S/C4H6N2O4/c7-1-6-3(9)2(8)5-4(6)10/h7-9H,1H2,(H,5,10). The van der Waals surface area contributed by atoms with E-state index in [1.165, 1.54) is 0 Å². The summed E-state index contributed by atoms with van der Waals surface area (Å²) in [6.45, 7) is -0.665. The van der Waals surface area contributed by atoms with Crippen molar-refractivity contribution in [1.29, 1.82) is 0 Å². The third kappa shape index (κ3) is 0.742. The minimum Gasteiger partial charge on any atom is -0.491 e. The van der Waals surface area contributed by atoms with Gasteiger partial charge in [0, 0.05) is 0 Å². The van der Waals surface area contributed by atoms with Crippen LogP contribution < -0.4 is 5.69 Å². The minimum atomic E-state index is -0.752. The lowest BCUT2D eigenvalue weighted by atomic mass is 10.8. The maximum Gasteiger partial charge on any atom is 0.333 e. The molecule has 0 radical (unpaired) electrons. The number of aliphatic hydroxyl groups excluding tert-OH is 1. The molecule has 1 heterocycles. The van der Waals surface area contributed by atoms with Gasteiger partial charge in [-0.1, -0.05) is 0 Å². The summed E-state index contributed by atoms with van der Waals surface area (Å²) in [5.41, 5.74) is -0.752. The third-order valence-electron chi connectivity index (χ3n) is 1.08. The average molecular weight is 146 g/mol. The summed E-state index contributed by atoms with van der Waals surface area (Å²) in [5.74, 6) is -1.30. The molecule has 0 aliphatic heterocycles. The molecule has 0 spiro atoms. The van der Waals surface area contributed by atoms with Crippen LogP contribution >= 0.6 is 0 Å². The second-order valence-electron chi connectivity index (χ2n) is 1.67. The van der Waals surface area contributed by atoms with Gasteiger partial charge in [-0.05, 0) is 0 Å². The number of aromatic hydroxyl groups is 2. The third-order valence-corrected chi connectivity index (χ3v) is 1.08. The summed E-state index contributed by atoms with van der Waals surface area (Å²) in [6, 6.07) is 0. The molecule has 0 aromatic carbocycles. The van der Waals surface area contributed by atoms with E-state index in [-0.39, 0.29) is 0 Å². The molecule has 1 rings (SSSR count). The Morgan fingerprint density at radius 1 is 1.50 bits per heavy atom. The Morgan fingerprint density at radius 2 is 2.10 bits per heavy atom. The van der Waals surface area contributed by atoms with Gasteiger partial charge in [0.15, 0.2) is 0 Å². The Hall–Kier alpha value is -1.43. The maximum atomic E-state index is 10.5. The van der Waals surface area contributed by atoms with Crippen molar-refractivity contribution < 1.29 is 15.3 Å². The van der Waals surface area contributed by atoms with E-state index in [4.69, 9.17) is 15.3 Å². The highest BCUT2D eigenvalue weighted by molar-refractivity contribution is 5.22. The second kappa shape index (κ2) is 2.07. The van der Waals surface area contributed by atoms with Gasteiger partial charge in [0.2, 0.25) is 0 Å². The quantitative estimate of drug-likeness (QED) is 0.389. The van der Waals surface area contributed by atoms with E-state index in [9.17, 15) is 4.79 Å². The minimum absolute atomic E-state index is 0.579. The van der Waals surface area contributed by atoms with E-state index >= 15 is 0 Å². The number of H-pyrrole nitrogens is 1. The summed E-state index contributed by atoms with van der Waals surface area (Å²) in [5, 5.41) is 25.7. The number of nitrogens with one attached hydrogen (secondary N) is 1. The Bertz CT molecular complexity index is 286. The lowest BCUT2D eigenvalue weighted by molar-refractivity contribution is 0.191. The molecule has 10 heavy (non-hydrogen) atoms. The van der Waals surface area contributed by atoms with Gasteiger partial charge in [-0.3, -0.25) is 4.98 Å². The van der Waals surface area contributed by atoms with Gasteiger partial charge in [-0.2, -0.15) is 0 Å². The fourth-order valence-corrected chi connectivity index (χ4v) is 0.580. The SMILES string of the molecule is O=c1[nH]c(O)c(O)n1CO. The number of imidazole rings is 1. The fraction of sp³-hybridized carbons (Fsp3) is 0.250. The first-order chi connectivity index (χ1) is 4.66. The van der Waals surface area contributed by atoms with Crippen LogP contribution in [-0.4, -0.2) is 24.9 Å². The molecular formula is C4H6N2O4. The predicted molar refractivity (Wildman–Crippen MR) is 30.6 cm³/mol. The normalized spacial score (nSPS) is 10.1. The molecule has 0 unspecified atom stereocenters. The highest BCUT2D eigenvalue weighted by Gasteiger charge is 2.09. The van der Waals surface area contributed by atoms with Gasteiger partial charge in [-0.25, -0.2) is 9.36 Å². The maximum absolute atomic E-state index is 10.5. The summed E-state index contributed by atoms with van der Waals surface area (Å²) >= 11 is 0. The van der Waals surface area contributed by atoms with Crippen LogP contribution in [0, 0.1) is 0 Å². The molecule has 56 valence electrons. The molecule has 0 aliphatic carbocycles. The molecule has 0 saturated carbocycles. The molecule has 0 bridgehead atoms. The smallest absolute Gasteiger partial charge is 0.333 e. The molecule has 0 saturated heterocycles. The van der Waals surface area contributed by atoms with Gasteiger partial charge >= 0.3 is 5.69 Å². The highest BCUT2D eigenvalue weighted by atomic mass is 16.3. The first kappa shape index (κ1) is 6.69. The largest absolute Gasteiger partial charge is 0.491 e. The Balaban J connectivity index is 3.34. The molecule has 0 aliphatic rings. The van der Waals surface area contributed by atoms with Gasteiger partial charge in [-0.15, -0.1) is 0 Å². The first-order valence-corrected chi connectivity index (χ1v) is 2.48. The van der Waals surface area contributed by atoms with Gasteiger partial charge in [0.25, 0.3) is 11.8 Å². The summed E-state index contributed by atoms with van der Waals surface area (Å²) in [7, 11) is 0. The number of hydrogen-bond acceptors (Lipinski definition) is 4. The highest BCUT2D eigenvalue weighted by Crippen LogP contribution is 2.17. The van der Waals surface area contributed by atoms with Crippen molar-refractivity contribution in [3.05, 3.63) is 10.5 Å². The first-order valence-electron chi connectivity index (χ1n) is 2.48. The zero-order valence-electron chi connectivity index (χ0n) is 4.90. The number of rotatable bonds is 1. The van der Waals surface area contributed by atoms with E-state index < -0.39 is 24.2 Å². The molecule has 0 fully saturated rings. The molecule has 0 amide bonds. The number of aromatic nitrogens is 2. The van der Waals surface area contributed by atoms with Crippen molar-refractivity contribution >= 4 is 0 Å². The van der Waals surface area contributed by atoms with Crippen LogP contribution in [0.5, 0.6) is 11.8 Å². The molecule has 6 nitrogen and oxygen atoms in total. The molecule has 0 atom stereocenters. The van der Waals surface area contributed by atoms with E-state index in [0.717, 1.165) is 0 Å². The number of hydrogen-bond donors (Lipinski definition) is 4. The van der Waals surface area contributed by atoms with Gasteiger partial charge in [0.05, 0.1) is 0 Å². The van der Waals surface area contributed by atoms with Crippen LogP contribution in [0.2, 0.25) is 0 Å². The molecule has 4 N–H and O–H groups in total. The van der Waals surface area contributed by atoms with Crippen molar-refractivity contribution in [3.8, 4) is 11.8 Å². The number of aliphatic hydroxyl groups is 1. The molecular weight excluding hydrogens is 140 g/mol. The van der Waals surface area contributed by atoms with Crippen molar-refractivity contribution in [2.24, 2.45) is 0 Å². The number of nitrogens with zero attached hydrogens (tertiary/aromatic N) is 1. The lowest BCUT2D eigenvalue weighted by Gasteiger charge is -1.93. The van der Waals surface area contributed by atoms with E-state index in [1.807, 2.05) is 4.98 Å². The van der Waals surface area contributed by atoms with Crippen molar-refractivity contribution in [3.63, 3.8) is 0 Å². The number of aromatic amines is 1. The van der Waals surface area contributed by atoms with Crippen LogP contribution in [0.15, 0.2) is 4.79 Å². The van der Waals surface area contributed by atoms with Gasteiger partial charge in [0.1, 0.15) is 6.73 Å². The van der Waals surface area contributed by atoms with Crippen LogP contribution in [0.25, 0.3) is 0 Å². The Morgan fingerprint density at radius 3 is 2.30 bits per heavy atom. The molecule has 1 aromatic heterocycles. The second-order valence-corrected chi connectivity index (χ2v) is 1.67. The van der Waals surface area contributed by atoms with Crippen molar-refractivity contribution in [2.45, 2.75) is 6.73 Å². The summed E-state index contributed by atoms with van der Waals surface area (Å²) < 4.78 is 0.579. The van der Waals surface area contributed by atoms with Gasteiger partial charge < -0.3 is 15.3 Å². The van der Waals surface area contributed by atoms with E-state index in [2.05, 4.69) is 0 Å². The fourth-order valence-electron chi connectivity index (χ4n) is 0.580. The molecule has 6 heteroatoms. The Labute approximate surface area is 55.0 Å². The van der Waals surface area contributed by atoms with Crippen LogP contribution in [0.3, 0.4) is 0 Å². The summed E-state index contributed by atoms with van der Waals surface area (Å²) in [4.78, 5) is 12.4. The van der Waals surface area contributed by atoms with Crippen molar-refractivity contribution in [2.75, 3.05) is 0 Å². The van der Waals surface area contributed by atoms with Crippen molar-refractivity contribution in [1.82, 2.24) is 9.55 Å². The topological polar surface area (TPSA) is 98.5 Å². The monoisotopic (exact) mass is 146 g/mol. The average Bonchev–Trinajstić information content (AvgIpc) is 2.09. The Kier molecular flexibility index (Phi) is 1.38. The zero-order chi connectivity index (χ0) is 7.72. The van der Waals surface area contributed by atoms with E-state index in [1.54, 1.807) is 0 Å². The molecule has 1 aromatic rings. The van der Waals surface area contributed by atoms with Crippen LogP contribution in [0.4, 0.5) is 0 Å². The predicted octanol–water partition coefficient (Wildman–Crippen LogP) is -1.46. The zero-order valence-corrected chi connectivity index (χ0v) is 4.90.